The third kappa shape index (κ3) is 2.19. The topological polar surface area (TPSA) is 27.3 Å². The monoisotopic (exact) mass is 213 g/mol. The van der Waals surface area contributed by atoms with Crippen LogP contribution in [-0.4, -0.2) is 29.9 Å². The summed E-state index contributed by atoms with van der Waals surface area (Å²) in [6, 6.07) is 0.565. The van der Waals surface area contributed by atoms with E-state index in [0.717, 1.165) is 13.3 Å². The van der Waals surface area contributed by atoms with Gasteiger partial charge in [0.15, 0.2) is 0 Å². The first-order valence-electron chi connectivity index (χ1n) is 6.15. The first kappa shape index (κ1) is 12.9. The molecule has 0 aromatic carbocycles. The van der Waals surface area contributed by atoms with Crippen molar-refractivity contribution < 1.29 is 0 Å². The van der Waals surface area contributed by atoms with E-state index >= 15 is 0 Å². The molecule has 1 aliphatic heterocycles. The van der Waals surface area contributed by atoms with Crippen molar-refractivity contribution in [3.05, 3.63) is 0 Å². The summed E-state index contributed by atoms with van der Waals surface area (Å²) in [5.74, 6) is 1.23. The molecule has 1 aliphatic rings. The van der Waals surface area contributed by atoms with Crippen LogP contribution in [0.15, 0.2) is 0 Å². The maximum atomic E-state index is 3.68. The van der Waals surface area contributed by atoms with Gasteiger partial charge in [-0.25, -0.2) is 0 Å². The molecule has 3 nitrogen and oxygen atoms in total. The molecule has 0 spiro atoms. The zero-order valence-corrected chi connectivity index (χ0v) is 11.1. The summed E-state index contributed by atoms with van der Waals surface area (Å²) >= 11 is 0. The second-order valence-corrected chi connectivity index (χ2v) is 5.46. The molecule has 0 aromatic heterocycles. The quantitative estimate of drug-likeness (QED) is 0.749. The Morgan fingerprint density at radius 2 is 1.53 bits per heavy atom. The summed E-state index contributed by atoms with van der Waals surface area (Å²) in [6.45, 7) is 15.7. The fraction of sp³-hybridized carbons (Fsp3) is 1.00. The van der Waals surface area contributed by atoms with Gasteiger partial charge in [-0.1, -0.05) is 27.7 Å². The fourth-order valence-corrected chi connectivity index (χ4v) is 2.96. The van der Waals surface area contributed by atoms with Crippen molar-refractivity contribution in [2.24, 2.45) is 11.8 Å². The second kappa shape index (κ2) is 4.81. The molecule has 3 heteroatoms. The third-order valence-electron chi connectivity index (χ3n) is 3.64. The molecule has 1 heterocycles. The van der Waals surface area contributed by atoms with Gasteiger partial charge in [0.2, 0.25) is 0 Å². The number of rotatable bonds is 3. The average Bonchev–Trinajstić information content (AvgIpc) is 2.16. The maximum absolute atomic E-state index is 3.68. The molecule has 2 N–H and O–H groups in total. The van der Waals surface area contributed by atoms with E-state index in [1.807, 2.05) is 0 Å². The Kier molecular flexibility index (Phi) is 4.15. The molecule has 0 unspecified atom stereocenters. The van der Waals surface area contributed by atoms with Gasteiger partial charge in [0.1, 0.15) is 0 Å². The van der Waals surface area contributed by atoms with Crippen LogP contribution in [0, 0.1) is 11.8 Å². The van der Waals surface area contributed by atoms with Crippen molar-refractivity contribution in [1.29, 1.82) is 0 Å². The summed E-state index contributed by atoms with van der Waals surface area (Å²) in [7, 11) is 0. The second-order valence-electron chi connectivity index (χ2n) is 5.46. The van der Waals surface area contributed by atoms with Crippen LogP contribution in [0.5, 0.6) is 0 Å². The molecular formula is C12H27N3. The highest BCUT2D eigenvalue weighted by molar-refractivity contribution is 4.96. The van der Waals surface area contributed by atoms with Crippen LogP contribution in [0.4, 0.5) is 0 Å². The van der Waals surface area contributed by atoms with Crippen LogP contribution in [-0.2, 0) is 0 Å². The molecule has 0 aliphatic carbocycles. The van der Waals surface area contributed by atoms with E-state index in [1.165, 1.54) is 0 Å². The highest BCUT2D eigenvalue weighted by Crippen LogP contribution is 2.32. The zero-order valence-electron chi connectivity index (χ0n) is 11.1. The van der Waals surface area contributed by atoms with Gasteiger partial charge in [-0.05, 0) is 25.7 Å². The first-order valence-corrected chi connectivity index (χ1v) is 6.15. The predicted molar refractivity (Wildman–Crippen MR) is 65.4 cm³/mol. The molecule has 15 heavy (non-hydrogen) atoms. The number of hydrogen-bond donors (Lipinski definition) is 2. The van der Waals surface area contributed by atoms with Crippen LogP contribution >= 0.6 is 0 Å². The average molecular weight is 213 g/mol. The highest BCUT2D eigenvalue weighted by Gasteiger charge is 2.44. The third-order valence-corrected chi connectivity index (χ3v) is 3.64. The van der Waals surface area contributed by atoms with Crippen molar-refractivity contribution in [2.45, 2.75) is 53.2 Å². The normalized spacial score (nSPS) is 23.0. The molecule has 0 aromatic rings. The van der Waals surface area contributed by atoms with Gasteiger partial charge < -0.3 is 0 Å². The van der Waals surface area contributed by atoms with Gasteiger partial charge in [-0.15, -0.1) is 0 Å². The molecule has 0 amide bonds. The fourth-order valence-electron chi connectivity index (χ4n) is 2.96. The minimum atomic E-state index is 0.138. The summed E-state index contributed by atoms with van der Waals surface area (Å²) in [6.07, 6.45) is 0. The minimum absolute atomic E-state index is 0.138. The first-order chi connectivity index (χ1) is 6.93. The Labute approximate surface area is 94.6 Å². The molecule has 0 saturated carbocycles. The molecule has 0 atom stereocenters. The minimum Gasteiger partial charge on any atom is -0.292 e. The molecule has 1 saturated heterocycles. The van der Waals surface area contributed by atoms with Gasteiger partial charge in [-0.2, -0.15) is 0 Å². The standard InChI is InChI=1S/C12H27N3/c1-9(2)12(10(3)4)14-7-13-8-15(12)11(5)6/h9-11,13-14H,7-8H2,1-6H3. The SMILES string of the molecule is CC(C)N1CNCNC1(C(C)C)C(C)C. The van der Waals surface area contributed by atoms with Crippen molar-refractivity contribution in [3.63, 3.8) is 0 Å². The summed E-state index contributed by atoms with van der Waals surface area (Å²) in [5.41, 5.74) is 0.138. The largest absolute Gasteiger partial charge is 0.292 e. The summed E-state index contributed by atoms with van der Waals surface area (Å²) in [5, 5.41) is 7.07. The van der Waals surface area contributed by atoms with E-state index in [2.05, 4.69) is 57.1 Å². The Morgan fingerprint density at radius 3 is 1.87 bits per heavy atom. The van der Waals surface area contributed by atoms with E-state index in [-0.39, 0.29) is 5.66 Å². The lowest BCUT2D eigenvalue weighted by Crippen LogP contribution is -2.73. The van der Waals surface area contributed by atoms with Crippen molar-refractivity contribution in [2.75, 3.05) is 13.3 Å². The van der Waals surface area contributed by atoms with Crippen LogP contribution < -0.4 is 10.6 Å². The van der Waals surface area contributed by atoms with Crippen molar-refractivity contribution in [3.8, 4) is 0 Å². The lowest BCUT2D eigenvalue weighted by Gasteiger charge is -2.55. The molecular weight excluding hydrogens is 186 g/mol. The van der Waals surface area contributed by atoms with E-state index < -0.39 is 0 Å². The van der Waals surface area contributed by atoms with Gasteiger partial charge in [0, 0.05) is 12.7 Å². The van der Waals surface area contributed by atoms with Crippen LogP contribution in [0.25, 0.3) is 0 Å². The molecule has 1 rings (SSSR count). The molecule has 0 bridgehead atoms. The summed E-state index contributed by atoms with van der Waals surface area (Å²) in [4.78, 5) is 2.55. The van der Waals surface area contributed by atoms with Gasteiger partial charge in [-0.3, -0.25) is 15.5 Å². The van der Waals surface area contributed by atoms with E-state index in [4.69, 9.17) is 0 Å². The van der Waals surface area contributed by atoms with E-state index in [0.29, 0.717) is 17.9 Å². The molecule has 90 valence electrons. The van der Waals surface area contributed by atoms with E-state index in [1.54, 1.807) is 0 Å². The van der Waals surface area contributed by atoms with E-state index in [9.17, 15) is 0 Å². The van der Waals surface area contributed by atoms with Crippen LogP contribution in [0.3, 0.4) is 0 Å². The highest BCUT2D eigenvalue weighted by atomic mass is 15.4. The lowest BCUT2D eigenvalue weighted by molar-refractivity contribution is -0.0760. The van der Waals surface area contributed by atoms with Gasteiger partial charge in [0.05, 0.1) is 12.3 Å². The summed E-state index contributed by atoms with van der Waals surface area (Å²) < 4.78 is 0. The number of hydrogen-bond acceptors (Lipinski definition) is 3. The Balaban J connectivity index is 2.99. The predicted octanol–water partition coefficient (Wildman–Crippen LogP) is 1.81. The lowest BCUT2D eigenvalue weighted by atomic mass is 9.82. The van der Waals surface area contributed by atoms with Crippen molar-refractivity contribution >= 4 is 0 Å². The Hall–Kier alpha value is -0.120. The van der Waals surface area contributed by atoms with Crippen LogP contribution in [0.1, 0.15) is 41.5 Å². The zero-order chi connectivity index (χ0) is 11.6. The maximum Gasteiger partial charge on any atom is 0.0781 e. The van der Waals surface area contributed by atoms with Gasteiger partial charge in [0.25, 0.3) is 0 Å². The Morgan fingerprint density at radius 1 is 1.00 bits per heavy atom. The Bertz CT molecular complexity index is 191. The number of nitrogens with zero attached hydrogens (tertiary/aromatic N) is 1. The van der Waals surface area contributed by atoms with Crippen LogP contribution in [0.2, 0.25) is 0 Å². The smallest absolute Gasteiger partial charge is 0.0781 e. The molecule has 1 fully saturated rings. The van der Waals surface area contributed by atoms with Crippen molar-refractivity contribution in [1.82, 2.24) is 15.5 Å². The van der Waals surface area contributed by atoms with Gasteiger partial charge >= 0.3 is 0 Å². The number of nitrogens with one attached hydrogen (secondary N) is 2. The molecule has 0 radical (unpaired) electrons.